The molecular formula is C15H26O2Si. The van der Waals surface area contributed by atoms with E-state index in [0.29, 0.717) is 19.3 Å². The average molecular weight is 266 g/mol. The molecule has 0 aromatic rings. The predicted molar refractivity (Wildman–Crippen MR) is 78.2 cm³/mol. The summed E-state index contributed by atoms with van der Waals surface area (Å²) in [6.45, 7) is 12.7. The quantitative estimate of drug-likeness (QED) is 0.583. The summed E-state index contributed by atoms with van der Waals surface area (Å²) in [5, 5.41) is 10.1. The molecule has 0 radical (unpaired) electrons. The van der Waals surface area contributed by atoms with Crippen molar-refractivity contribution in [3.05, 3.63) is 0 Å². The highest BCUT2D eigenvalue weighted by Gasteiger charge is 2.64. The second-order valence-electron chi connectivity index (χ2n) is 7.28. The van der Waals surface area contributed by atoms with Gasteiger partial charge in [-0.15, -0.1) is 6.42 Å². The number of aliphatic hydroxyl groups is 1. The van der Waals surface area contributed by atoms with Gasteiger partial charge in [0.15, 0.2) is 0 Å². The molecule has 0 saturated heterocycles. The van der Waals surface area contributed by atoms with Crippen LogP contribution in [0, 0.1) is 12.3 Å². The zero-order valence-electron chi connectivity index (χ0n) is 12.6. The number of terminal acetylenes is 1. The third-order valence-corrected chi connectivity index (χ3v) is 12.6. The summed E-state index contributed by atoms with van der Waals surface area (Å²) in [6, 6.07) is 0. The van der Waals surface area contributed by atoms with E-state index >= 15 is 0 Å². The lowest BCUT2D eigenvalue weighted by Gasteiger charge is -2.57. The van der Waals surface area contributed by atoms with Gasteiger partial charge in [0, 0.05) is 6.42 Å². The van der Waals surface area contributed by atoms with Gasteiger partial charge in [0.05, 0.1) is 13.1 Å². The molecule has 0 heterocycles. The van der Waals surface area contributed by atoms with E-state index < -0.39 is 18.7 Å². The van der Waals surface area contributed by atoms with Crippen molar-refractivity contribution in [3.8, 4) is 12.3 Å². The number of carbonyl (C=O) groups is 1. The molecule has 2 atom stereocenters. The van der Waals surface area contributed by atoms with E-state index in [0.717, 1.165) is 0 Å². The normalized spacial score (nSPS) is 34.2. The highest BCUT2D eigenvalue weighted by atomic mass is 28.3. The third kappa shape index (κ3) is 1.78. The Bertz CT molecular complexity index is 400. The van der Waals surface area contributed by atoms with E-state index in [-0.39, 0.29) is 10.8 Å². The Morgan fingerprint density at radius 2 is 1.89 bits per heavy atom. The van der Waals surface area contributed by atoms with Crippen molar-refractivity contribution >= 4 is 13.9 Å². The molecule has 3 heteroatoms. The number of rotatable bonds is 1. The van der Waals surface area contributed by atoms with Gasteiger partial charge in [0.25, 0.3) is 0 Å². The first kappa shape index (κ1) is 15.5. The Kier molecular flexibility index (Phi) is 3.62. The lowest BCUT2D eigenvalue weighted by atomic mass is 9.75. The SMILES string of the molecule is C#CC1(O)CCCC(=O)C1(C)[Si](C)(C)C(C)(C)C. The molecular weight excluding hydrogens is 240 g/mol. The molecule has 2 nitrogen and oxygen atoms in total. The van der Waals surface area contributed by atoms with E-state index in [1.54, 1.807) is 0 Å². The lowest BCUT2D eigenvalue weighted by Crippen LogP contribution is -2.64. The van der Waals surface area contributed by atoms with Gasteiger partial charge in [-0.05, 0) is 17.9 Å². The van der Waals surface area contributed by atoms with Crippen molar-refractivity contribution in [1.29, 1.82) is 0 Å². The number of hydrogen-bond acceptors (Lipinski definition) is 2. The van der Waals surface area contributed by atoms with Crippen LogP contribution in [0.1, 0.15) is 47.0 Å². The fourth-order valence-corrected chi connectivity index (χ4v) is 6.62. The second kappa shape index (κ2) is 4.21. The van der Waals surface area contributed by atoms with Gasteiger partial charge in [0.2, 0.25) is 0 Å². The van der Waals surface area contributed by atoms with E-state index in [2.05, 4.69) is 39.8 Å². The topological polar surface area (TPSA) is 37.3 Å². The van der Waals surface area contributed by atoms with Gasteiger partial charge in [-0.3, -0.25) is 4.79 Å². The molecule has 1 aliphatic carbocycles. The highest BCUT2D eigenvalue weighted by Crippen LogP contribution is 2.60. The summed E-state index contributed by atoms with van der Waals surface area (Å²) in [6.07, 6.45) is 7.37. The first-order chi connectivity index (χ1) is 7.94. The average Bonchev–Trinajstić information content (AvgIpc) is 2.24. The largest absolute Gasteiger partial charge is 0.377 e. The number of carbonyl (C=O) groups excluding carboxylic acids is 1. The monoisotopic (exact) mass is 266 g/mol. The first-order valence-corrected chi connectivity index (χ1v) is 9.67. The Morgan fingerprint density at radius 1 is 1.39 bits per heavy atom. The molecule has 102 valence electrons. The number of ketones is 1. The number of hydrogen-bond donors (Lipinski definition) is 1. The Labute approximate surface area is 112 Å². The van der Waals surface area contributed by atoms with E-state index in [1.165, 1.54) is 0 Å². The van der Waals surface area contributed by atoms with Gasteiger partial charge in [-0.25, -0.2) is 0 Å². The fraction of sp³-hybridized carbons (Fsp3) is 0.800. The minimum Gasteiger partial charge on any atom is -0.377 e. The first-order valence-electron chi connectivity index (χ1n) is 6.67. The van der Waals surface area contributed by atoms with Gasteiger partial charge in [0.1, 0.15) is 11.4 Å². The van der Waals surface area contributed by atoms with E-state index in [4.69, 9.17) is 6.42 Å². The molecule has 18 heavy (non-hydrogen) atoms. The van der Waals surface area contributed by atoms with E-state index in [9.17, 15) is 9.90 Å². The molecule has 1 fully saturated rings. The summed E-state index contributed by atoms with van der Waals surface area (Å²) in [4.78, 5) is 12.6. The van der Waals surface area contributed by atoms with Gasteiger partial charge < -0.3 is 5.11 Å². The van der Waals surface area contributed by atoms with Crippen LogP contribution in [-0.4, -0.2) is 24.6 Å². The van der Waals surface area contributed by atoms with Gasteiger partial charge >= 0.3 is 0 Å². The van der Waals surface area contributed by atoms with Crippen LogP contribution in [0.15, 0.2) is 0 Å². The van der Waals surface area contributed by atoms with Gasteiger partial charge in [-0.2, -0.15) is 0 Å². The van der Waals surface area contributed by atoms with Crippen LogP contribution in [-0.2, 0) is 4.79 Å². The molecule has 1 saturated carbocycles. The molecule has 0 aromatic heterocycles. The van der Waals surface area contributed by atoms with Crippen LogP contribution in [0.25, 0.3) is 0 Å². The summed E-state index contributed by atoms with van der Waals surface area (Å²) >= 11 is 0. The van der Waals surface area contributed by atoms with Crippen LogP contribution in [0.2, 0.25) is 23.2 Å². The molecule has 1 aliphatic rings. The van der Waals surface area contributed by atoms with Crippen molar-refractivity contribution in [1.82, 2.24) is 0 Å². The van der Waals surface area contributed by atoms with Crippen LogP contribution in [0.3, 0.4) is 0 Å². The number of Topliss-reactive ketones (excluding diaryl/α,β-unsaturated/α-hetero) is 1. The standard InChI is InChI=1S/C15H26O2Si/c1-8-15(17)11-9-10-12(16)14(15,5)18(6,7)13(2,3)4/h1,17H,9-11H2,2-7H3. The van der Waals surface area contributed by atoms with Crippen molar-refractivity contribution in [2.45, 2.75) is 75.7 Å². The maximum absolute atomic E-state index is 12.6. The van der Waals surface area contributed by atoms with Crippen molar-refractivity contribution < 1.29 is 9.90 Å². The molecule has 2 unspecified atom stereocenters. The zero-order chi connectivity index (χ0) is 14.4. The Morgan fingerprint density at radius 3 is 2.28 bits per heavy atom. The molecule has 0 spiro atoms. The Balaban J connectivity index is 3.47. The van der Waals surface area contributed by atoms with Crippen molar-refractivity contribution in [2.24, 2.45) is 0 Å². The molecule has 0 amide bonds. The minimum atomic E-state index is -2.09. The highest BCUT2D eigenvalue weighted by molar-refractivity contribution is 6.86. The summed E-state index contributed by atoms with van der Waals surface area (Å²) in [5.74, 6) is 2.70. The summed E-state index contributed by atoms with van der Waals surface area (Å²) < 4.78 is 0. The van der Waals surface area contributed by atoms with E-state index in [1.807, 2.05) is 6.92 Å². The van der Waals surface area contributed by atoms with Crippen molar-refractivity contribution in [2.75, 3.05) is 0 Å². The predicted octanol–water partition coefficient (Wildman–Crippen LogP) is 3.37. The van der Waals surface area contributed by atoms with Crippen LogP contribution in [0.4, 0.5) is 0 Å². The lowest BCUT2D eigenvalue weighted by molar-refractivity contribution is -0.131. The third-order valence-electron chi connectivity index (χ3n) is 5.69. The molecule has 1 N–H and O–H groups in total. The maximum atomic E-state index is 12.6. The summed E-state index contributed by atoms with van der Waals surface area (Å²) in [7, 11) is -2.09. The molecule has 1 rings (SSSR count). The molecule has 0 aromatic carbocycles. The van der Waals surface area contributed by atoms with Crippen LogP contribution < -0.4 is 0 Å². The van der Waals surface area contributed by atoms with Crippen molar-refractivity contribution in [3.63, 3.8) is 0 Å². The summed E-state index contributed by atoms with van der Waals surface area (Å²) in [5.41, 5.74) is -1.27. The van der Waals surface area contributed by atoms with Gasteiger partial charge in [-0.1, -0.05) is 46.7 Å². The Hall–Kier alpha value is -0.593. The molecule has 0 bridgehead atoms. The smallest absolute Gasteiger partial charge is 0.139 e. The van der Waals surface area contributed by atoms with Crippen LogP contribution >= 0.6 is 0 Å². The fourth-order valence-electron chi connectivity index (χ4n) is 3.07. The maximum Gasteiger partial charge on any atom is 0.139 e. The second-order valence-corrected chi connectivity index (χ2v) is 13.0. The zero-order valence-corrected chi connectivity index (χ0v) is 13.6. The minimum absolute atomic E-state index is 0.0135. The van der Waals surface area contributed by atoms with Crippen LogP contribution in [0.5, 0.6) is 0 Å². The molecule has 0 aliphatic heterocycles.